The molecule has 0 aliphatic carbocycles. The number of aromatic nitrogens is 3. The van der Waals surface area contributed by atoms with Gasteiger partial charge in [-0.25, -0.2) is 4.98 Å². The van der Waals surface area contributed by atoms with Crippen LogP contribution >= 0.6 is 11.6 Å². The first-order chi connectivity index (χ1) is 4.83. The lowest BCUT2D eigenvalue weighted by molar-refractivity contribution is 0.630. The van der Waals surface area contributed by atoms with E-state index < -0.39 is 5.38 Å². The molecule has 1 aromatic heterocycles. The van der Waals surface area contributed by atoms with Crippen LogP contribution in [0.1, 0.15) is 0 Å². The molecule has 0 aliphatic rings. The molecule has 1 aromatic rings. The van der Waals surface area contributed by atoms with Crippen molar-refractivity contribution in [3.8, 4) is 6.07 Å². The van der Waals surface area contributed by atoms with E-state index in [0.29, 0.717) is 6.54 Å². The van der Waals surface area contributed by atoms with Gasteiger partial charge in [0.05, 0.1) is 12.6 Å². The summed E-state index contributed by atoms with van der Waals surface area (Å²) in [5.41, 5.74) is 0. The normalized spacial score (nSPS) is 12.4. The Hall–Kier alpha value is -1.08. The molecule has 10 heavy (non-hydrogen) atoms. The lowest BCUT2D eigenvalue weighted by Gasteiger charge is -1.97. The zero-order valence-corrected chi connectivity index (χ0v) is 5.86. The van der Waals surface area contributed by atoms with Gasteiger partial charge in [0.25, 0.3) is 0 Å². The second-order valence-electron chi connectivity index (χ2n) is 1.71. The standard InChI is InChI=1S/C5H5ClN4/c6-5(1-7)2-10-4-8-3-9-10/h3-5H,2H2. The van der Waals surface area contributed by atoms with Crippen molar-refractivity contribution in [1.29, 1.82) is 5.26 Å². The summed E-state index contributed by atoms with van der Waals surface area (Å²) in [5, 5.41) is 11.5. The summed E-state index contributed by atoms with van der Waals surface area (Å²) in [5.74, 6) is 0. The van der Waals surface area contributed by atoms with Gasteiger partial charge < -0.3 is 0 Å². The van der Waals surface area contributed by atoms with E-state index in [-0.39, 0.29) is 0 Å². The molecule has 1 rings (SSSR count). The van der Waals surface area contributed by atoms with Crippen molar-refractivity contribution in [3.63, 3.8) is 0 Å². The van der Waals surface area contributed by atoms with Crippen molar-refractivity contribution < 1.29 is 0 Å². The fraction of sp³-hybridized carbons (Fsp3) is 0.400. The fourth-order valence-corrected chi connectivity index (χ4v) is 0.673. The molecule has 0 aromatic carbocycles. The SMILES string of the molecule is N#CC(Cl)Cn1cncn1. The minimum Gasteiger partial charge on any atom is -0.250 e. The van der Waals surface area contributed by atoms with Gasteiger partial charge in [-0.05, 0) is 0 Å². The molecule has 4 nitrogen and oxygen atoms in total. The van der Waals surface area contributed by atoms with Crippen LogP contribution in [0.4, 0.5) is 0 Å². The number of hydrogen-bond acceptors (Lipinski definition) is 3. The Morgan fingerprint density at radius 2 is 2.60 bits per heavy atom. The molecule has 0 saturated heterocycles. The van der Waals surface area contributed by atoms with Crippen LogP contribution in [0.25, 0.3) is 0 Å². The highest BCUT2D eigenvalue weighted by Gasteiger charge is 2.01. The van der Waals surface area contributed by atoms with E-state index in [1.54, 1.807) is 0 Å². The molecule has 1 atom stereocenters. The first kappa shape index (κ1) is 7.03. The summed E-state index contributed by atoms with van der Waals surface area (Å²) in [6.45, 7) is 0.387. The molecule has 0 radical (unpaired) electrons. The highest BCUT2D eigenvalue weighted by Crippen LogP contribution is 1.95. The van der Waals surface area contributed by atoms with Crippen molar-refractivity contribution in [2.45, 2.75) is 11.9 Å². The van der Waals surface area contributed by atoms with Crippen molar-refractivity contribution >= 4 is 11.6 Å². The maximum atomic E-state index is 8.29. The minimum atomic E-state index is -0.526. The molecule has 0 aliphatic heterocycles. The quantitative estimate of drug-likeness (QED) is 0.583. The molecular formula is C5H5ClN4. The van der Waals surface area contributed by atoms with Crippen molar-refractivity contribution in [3.05, 3.63) is 12.7 Å². The Labute approximate surface area is 63.0 Å². The Morgan fingerprint density at radius 3 is 3.10 bits per heavy atom. The molecule has 0 fully saturated rings. The zero-order chi connectivity index (χ0) is 7.40. The lowest BCUT2D eigenvalue weighted by Crippen LogP contribution is -2.08. The van der Waals surface area contributed by atoms with Crippen LogP contribution in [-0.4, -0.2) is 20.1 Å². The van der Waals surface area contributed by atoms with Crippen LogP contribution in [0.5, 0.6) is 0 Å². The monoisotopic (exact) mass is 156 g/mol. The number of nitriles is 1. The summed E-state index contributed by atoms with van der Waals surface area (Å²) in [6, 6.07) is 1.88. The van der Waals surface area contributed by atoms with Crippen LogP contribution in [0, 0.1) is 11.3 Å². The van der Waals surface area contributed by atoms with Crippen LogP contribution < -0.4 is 0 Å². The van der Waals surface area contributed by atoms with Gasteiger partial charge in [0.1, 0.15) is 18.0 Å². The van der Waals surface area contributed by atoms with Crippen LogP contribution in [-0.2, 0) is 6.54 Å². The van der Waals surface area contributed by atoms with Gasteiger partial charge in [-0.2, -0.15) is 10.4 Å². The van der Waals surface area contributed by atoms with E-state index in [4.69, 9.17) is 16.9 Å². The number of hydrogen-bond donors (Lipinski definition) is 0. The van der Waals surface area contributed by atoms with E-state index in [2.05, 4.69) is 10.1 Å². The van der Waals surface area contributed by atoms with Gasteiger partial charge in [0, 0.05) is 0 Å². The summed E-state index contributed by atoms with van der Waals surface area (Å²) < 4.78 is 1.51. The summed E-state index contributed by atoms with van der Waals surface area (Å²) in [7, 11) is 0. The van der Waals surface area contributed by atoms with Gasteiger partial charge in [0.2, 0.25) is 0 Å². The van der Waals surface area contributed by atoms with E-state index in [0.717, 1.165) is 0 Å². The van der Waals surface area contributed by atoms with Gasteiger partial charge in [-0.1, -0.05) is 0 Å². The molecule has 1 heterocycles. The number of halogens is 1. The number of nitrogens with zero attached hydrogens (tertiary/aromatic N) is 4. The third-order valence-corrected chi connectivity index (χ3v) is 1.19. The van der Waals surface area contributed by atoms with E-state index in [9.17, 15) is 0 Å². The Morgan fingerprint density at radius 1 is 1.80 bits per heavy atom. The highest BCUT2D eigenvalue weighted by atomic mass is 35.5. The third-order valence-electron chi connectivity index (χ3n) is 0.954. The second-order valence-corrected chi connectivity index (χ2v) is 2.24. The molecule has 0 amide bonds. The number of alkyl halides is 1. The van der Waals surface area contributed by atoms with Gasteiger partial charge in [-0.15, -0.1) is 11.6 Å². The predicted octanol–water partition coefficient (Wildman–Crippen LogP) is 0.409. The molecule has 5 heteroatoms. The molecule has 0 N–H and O–H groups in total. The largest absolute Gasteiger partial charge is 0.250 e. The van der Waals surface area contributed by atoms with Gasteiger partial charge in [-0.3, -0.25) is 4.68 Å². The van der Waals surface area contributed by atoms with Crippen LogP contribution in [0.15, 0.2) is 12.7 Å². The van der Waals surface area contributed by atoms with E-state index in [1.165, 1.54) is 17.3 Å². The summed E-state index contributed by atoms with van der Waals surface area (Å²) in [6.07, 6.45) is 2.92. The Kier molecular flexibility index (Phi) is 2.24. The second kappa shape index (κ2) is 3.18. The van der Waals surface area contributed by atoms with Gasteiger partial charge >= 0.3 is 0 Å². The zero-order valence-electron chi connectivity index (χ0n) is 5.11. The molecule has 52 valence electrons. The molecule has 1 unspecified atom stereocenters. The minimum absolute atomic E-state index is 0.387. The molecule has 0 saturated carbocycles. The Balaban J connectivity index is 2.50. The lowest BCUT2D eigenvalue weighted by atomic mass is 10.5. The smallest absolute Gasteiger partial charge is 0.140 e. The average Bonchev–Trinajstić information content (AvgIpc) is 2.40. The first-order valence-corrected chi connectivity index (χ1v) is 3.12. The molecule has 0 spiro atoms. The maximum Gasteiger partial charge on any atom is 0.140 e. The molecule has 0 bridgehead atoms. The first-order valence-electron chi connectivity index (χ1n) is 2.69. The van der Waals surface area contributed by atoms with E-state index in [1.807, 2.05) is 6.07 Å². The fourth-order valence-electron chi connectivity index (χ4n) is 0.532. The van der Waals surface area contributed by atoms with Crippen molar-refractivity contribution in [2.75, 3.05) is 0 Å². The average molecular weight is 157 g/mol. The highest BCUT2D eigenvalue weighted by molar-refractivity contribution is 6.22. The maximum absolute atomic E-state index is 8.29. The van der Waals surface area contributed by atoms with E-state index >= 15 is 0 Å². The van der Waals surface area contributed by atoms with Crippen LogP contribution in [0.2, 0.25) is 0 Å². The summed E-state index contributed by atoms with van der Waals surface area (Å²) in [4.78, 5) is 3.69. The Bertz CT molecular complexity index is 224. The number of rotatable bonds is 2. The van der Waals surface area contributed by atoms with Gasteiger partial charge in [0.15, 0.2) is 0 Å². The summed E-state index contributed by atoms with van der Waals surface area (Å²) >= 11 is 5.51. The molecular weight excluding hydrogens is 152 g/mol. The predicted molar refractivity (Wildman–Crippen MR) is 35.3 cm³/mol. The van der Waals surface area contributed by atoms with Crippen LogP contribution in [0.3, 0.4) is 0 Å². The third kappa shape index (κ3) is 1.71. The topological polar surface area (TPSA) is 54.5 Å². The van der Waals surface area contributed by atoms with Crippen molar-refractivity contribution in [2.24, 2.45) is 0 Å². The van der Waals surface area contributed by atoms with Crippen molar-refractivity contribution in [1.82, 2.24) is 14.8 Å².